The minimum atomic E-state index is 0.366. The second-order valence-electron chi connectivity index (χ2n) is 2.92. The molecule has 0 aliphatic carbocycles. The molecule has 6 nitrogen and oxygen atoms in total. The van der Waals surface area contributed by atoms with E-state index in [-0.39, 0.29) is 0 Å². The summed E-state index contributed by atoms with van der Waals surface area (Å²) in [5.41, 5.74) is 12.9. The summed E-state index contributed by atoms with van der Waals surface area (Å²) in [6.07, 6.45) is 0. The van der Waals surface area contributed by atoms with Crippen LogP contribution in [0.15, 0.2) is 0 Å². The van der Waals surface area contributed by atoms with E-state index in [0.717, 1.165) is 11.3 Å². The highest BCUT2D eigenvalue weighted by molar-refractivity contribution is 7.10. The van der Waals surface area contributed by atoms with Crippen molar-refractivity contribution in [2.24, 2.45) is 7.05 Å². The lowest BCUT2D eigenvalue weighted by molar-refractivity contribution is 0.781. The van der Waals surface area contributed by atoms with Gasteiger partial charge < -0.3 is 11.5 Å². The van der Waals surface area contributed by atoms with Crippen molar-refractivity contribution >= 4 is 22.5 Å². The van der Waals surface area contributed by atoms with Crippen LogP contribution in [0.5, 0.6) is 0 Å². The average Bonchev–Trinajstić information content (AvgIpc) is 2.59. The largest absolute Gasteiger partial charge is 0.389 e. The molecular formula is C7H10N6S. The van der Waals surface area contributed by atoms with Crippen LogP contribution in [-0.4, -0.2) is 19.1 Å². The molecule has 2 aromatic rings. The molecule has 2 heterocycles. The maximum Gasteiger partial charge on any atom is 0.218 e. The van der Waals surface area contributed by atoms with E-state index in [1.54, 1.807) is 7.05 Å². The van der Waals surface area contributed by atoms with Gasteiger partial charge >= 0.3 is 0 Å². The molecule has 4 N–H and O–H groups in total. The predicted octanol–water partition coefficient (Wildman–Crippen LogP) is 0.411. The Labute approximate surface area is 84.7 Å². The number of aryl methyl sites for hydroxylation is 2. The fourth-order valence-corrected chi connectivity index (χ4v) is 1.82. The molecule has 0 spiro atoms. The van der Waals surface area contributed by atoms with Crippen molar-refractivity contribution in [1.29, 1.82) is 0 Å². The summed E-state index contributed by atoms with van der Waals surface area (Å²) < 4.78 is 5.62. The lowest BCUT2D eigenvalue weighted by Crippen LogP contribution is -1.97. The monoisotopic (exact) mass is 210 g/mol. The van der Waals surface area contributed by atoms with Crippen molar-refractivity contribution in [1.82, 2.24) is 19.1 Å². The number of nitrogens with zero attached hydrogens (tertiary/aromatic N) is 4. The van der Waals surface area contributed by atoms with E-state index in [1.807, 2.05) is 6.92 Å². The standard InChI is InChI=1S/C7H10N6S/c1-3-4(5(8)14-12-3)6-10-7(9)13(2)11-6/h8H2,1-2H3,(H2,9,10,11). The predicted molar refractivity (Wildman–Crippen MR) is 55.7 cm³/mol. The van der Waals surface area contributed by atoms with Crippen LogP contribution in [0.3, 0.4) is 0 Å². The third-order valence-corrected chi connectivity index (χ3v) is 2.68. The molecule has 0 bridgehead atoms. The summed E-state index contributed by atoms with van der Waals surface area (Å²) in [4.78, 5) is 4.09. The van der Waals surface area contributed by atoms with Gasteiger partial charge in [-0.25, -0.2) is 4.68 Å². The minimum Gasteiger partial charge on any atom is -0.389 e. The Morgan fingerprint density at radius 3 is 2.50 bits per heavy atom. The van der Waals surface area contributed by atoms with Gasteiger partial charge in [0.15, 0.2) is 5.82 Å². The number of hydrogen-bond donors (Lipinski definition) is 2. The summed E-state index contributed by atoms with van der Waals surface area (Å²) in [5, 5.41) is 4.76. The number of nitrogen functional groups attached to an aromatic ring is 2. The smallest absolute Gasteiger partial charge is 0.218 e. The van der Waals surface area contributed by atoms with Gasteiger partial charge in [-0.1, -0.05) is 0 Å². The second-order valence-corrected chi connectivity index (χ2v) is 3.73. The van der Waals surface area contributed by atoms with Crippen molar-refractivity contribution in [2.75, 3.05) is 11.5 Å². The highest BCUT2D eigenvalue weighted by Crippen LogP contribution is 2.29. The van der Waals surface area contributed by atoms with E-state index in [9.17, 15) is 0 Å². The first kappa shape index (κ1) is 8.95. The quantitative estimate of drug-likeness (QED) is 0.710. The van der Waals surface area contributed by atoms with Crippen LogP contribution in [0.1, 0.15) is 5.69 Å². The highest BCUT2D eigenvalue weighted by atomic mass is 32.1. The Hall–Kier alpha value is -1.63. The number of hydrogen-bond acceptors (Lipinski definition) is 6. The molecule has 2 aromatic heterocycles. The molecule has 0 saturated carbocycles. The van der Waals surface area contributed by atoms with E-state index in [1.165, 1.54) is 16.2 Å². The lowest BCUT2D eigenvalue weighted by Gasteiger charge is -1.92. The summed E-state index contributed by atoms with van der Waals surface area (Å²) in [5.74, 6) is 0.902. The Balaban J connectivity index is 2.59. The molecule has 0 amide bonds. The van der Waals surface area contributed by atoms with Crippen LogP contribution in [0.2, 0.25) is 0 Å². The van der Waals surface area contributed by atoms with Crippen LogP contribution in [0.25, 0.3) is 11.4 Å². The molecule has 14 heavy (non-hydrogen) atoms. The van der Waals surface area contributed by atoms with E-state index in [0.29, 0.717) is 16.8 Å². The van der Waals surface area contributed by atoms with Crippen molar-refractivity contribution < 1.29 is 0 Å². The molecular weight excluding hydrogens is 200 g/mol. The molecule has 0 aliphatic heterocycles. The number of aromatic nitrogens is 4. The summed E-state index contributed by atoms with van der Waals surface area (Å²) in [6, 6.07) is 0. The fourth-order valence-electron chi connectivity index (χ4n) is 1.16. The highest BCUT2D eigenvalue weighted by Gasteiger charge is 2.15. The Bertz CT molecular complexity index is 431. The maximum absolute atomic E-state index is 5.76. The van der Waals surface area contributed by atoms with Crippen LogP contribution >= 0.6 is 11.5 Å². The van der Waals surface area contributed by atoms with E-state index in [2.05, 4.69) is 14.5 Å². The first-order valence-electron chi connectivity index (χ1n) is 3.98. The van der Waals surface area contributed by atoms with Crippen LogP contribution in [0.4, 0.5) is 10.9 Å². The lowest BCUT2D eigenvalue weighted by atomic mass is 10.2. The van der Waals surface area contributed by atoms with Gasteiger partial charge in [0.2, 0.25) is 5.95 Å². The average molecular weight is 210 g/mol. The molecule has 2 rings (SSSR count). The van der Waals surface area contributed by atoms with Gasteiger partial charge in [0.05, 0.1) is 11.3 Å². The molecule has 0 aliphatic rings. The zero-order valence-corrected chi connectivity index (χ0v) is 8.67. The molecule has 0 radical (unpaired) electrons. The van der Waals surface area contributed by atoms with Gasteiger partial charge in [-0.2, -0.15) is 9.36 Å². The van der Waals surface area contributed by atoms with Gasteiger partial charge in [0.25, 0.3) is 0 Å². The maximum atomic E-state index is 5.76. The van der Waals surface area contributed by atoms with Crippen LogP contribution < -0.4 is 11.5 Å². The number of nitrogens with two attached hydrogens (primary N) is 2. The third kappa shape index (κ3) is 1.22. The van der Waals surface area contributed by atoms with Crippen molar-refractivity contribution in [3.63, 3.8) is 0 Å². The third-order valence-electron chi connectivity index (χ3n) is 1.91. The van der Waals surface area contributed by atoms with Gasteiger partial charge in [0, 0.05) is 7.05 Å². The van der Waals surface area contributed by atoms with Crippen molar-refractivity contribution in [3.8, 4) is 11.4 Å². The Kier molecular flexibility index (Phi) is 1.88. The number of anilines is 2. The molecule has 0 fully saturated rings. The molecule has 0 unspecified atom stereocenters. The summed E-state index contributed by atoms with van der Waals surface area (Å²) in [6.45, 7) is 1.87. The van der Waals surface area contributed by atoms with Crippen LogP contribution in [-0.2, 0) is 7.05 Å². The first-order chi connectivity index (χ1) is 6.59. The molecule has 0 aromatic carbocycles. The number of rotatable bonds is 1. The molecule has 7 heteroatoms. The molecule has 74 valence electrons. The normalized spacial score (nSPS) is 10.7. The summed E-state index contributed by atoms with van der Waals surface area (Å²) >= 11 is 1.24. The summed E-state index contributed by atoms with van der Waals surface area (Å²) in [7, 11) is 1.73. The van der Waals surface area contributed by atoms with E-state index >= 15 is 0 Å². The van der Waals surface area contributed by atoms with E-state index in [4.69, 9.17) is 11.5 Å². The van der Waals surface area contributed by atoms with Gasteiger partial charge in [-0.3, -0.25) is 0 Å². The topological polar surface area (TPSA) is 95.6 Å². The van der Waals surface area contributed by atoms with Gasteiger partial charge in [-0.05, 0) is 18.5 Å². The first-order valence-corrected chi connectivity index (χ1v) is 4.75. The SMILES string of the molecule is Cc1nsc(N)c1-c1nc(N)n(C)n1. The van der Waals surface area contributed by atoms with Crippen molar-refractivity contribution in [3.05, 3.63) is 5.69 Å². The zero-order chi connectivity index (χ0) is 10.3. The van der Waals surface area contributed by atoms with Crippen molar-refractivity contribution in [2.45, 2.75) is 6.92 Å². The molecule has 0 atom stereocenters. The fraction of sp³-hybridized carbons (Fsp3) is 0.286. The Morgan fingerprint density at radius 1 is 1.36 bits per heavy atom. The van der Waals surface area contributed by atoms with Gasteiger partial charge in [-0.15, -0.1) is 5.10 Å². The van der Waals surface area contributed by atoms with Gasteiger partial charge in [0.1, 0.15) is 5.00 Å². The minimum absolute atomic E-state index is 0.366. The second kappa shape index (κ2) is 2.95. The van der Waals surface area contributed by atoms with E-state index < -0.39 is 0 Å². The van der Waals surface area contributed by atoms with Crippen LogP contribution in [0, 0.1) is 6.92 Å². The molecule has 0 saturated heterocycles. The Morgan fingerprint density at radius 2 is 2.07 bits per heavy atom. The zero-order valence-electron chi connectivity index (χ0n) is 7.85.